The number of rotatable bonds is 7. The number of carboxylic acids is 1. The summed E-state index contributed by atoms with van der Waals surface area (Å²) in [5.74, 6) is -1.01. The first kappa shape index (κ1) is 15.5. The number of hydrogen-bond donors (Lipinski definition) is 3. The van der Waals surface area contributed by atoms with E-state index in [1.807, 2.05) is 0 Å². The Morgan fingerprint density at radius 2 is 2.21 bits per heavy atom. The molecule has 0 saturated carbocycles. The van der Waals surface area contributed by atoms with Crippen LogP contribution in [0.3, 0.4) is 0 Å². The van der Waals surface area contributed by atoms with Crippen LogP contribution >= 0.6 is 11.8 Å². The van der Waals surface area contributed by atoms with E-state index in [9.17, 15) is 14.0 Å². The SMILES string of the molecule is NC(CSCCC(=O)Nc1cccc(F)c1)C(=O)O. The van der Waals surface area contributed by atoms with Crippen LogP contribution in [0.2, 0.25) is 0 Å². The highest BCUT2D eigenvalue weighted by atomic mass is 32.2. The van der Waals surface area contributed by atoms with Gasteiger partial charge in [0.1, 0.15) is 11.9 Å². The lowest BCUT2D eigenvalue weighted by Crippen LogP contribution is -2.32. The number of halogens is 1. The summed E-state index contributed by atoms with van der Waals surface area (Å²) in [5, 5.41) is 11.1. The standard InChI is InChI=1S/C12H15FN2O3S/c13-8-2-1-3-9(6-8)15-11(16)4-5-19-7-10(14)12(17)18/h1-3,6,10H,4-5,7,14H2,(H,15,16)(H,17,18). The molecule has 1 amide bonds. The van der Waals surface area contributed by atoms with E-state index in [0.717, 1.165) is 0 Å². The molecule has 0 spiro atoms. The highest BCUT2D eigenvalue weighted by molar-refractivity contribution is 7.99. The molecule has 0 heterocycles. The van der Waals surface area contributed by atoms with Crippen LogP contribution < -0.4 is 11.1 Å². The normalized spacial score (nSPS) is 11.9. The summed E-state index contributed by atoms with van der Waals surface area (Å²) >= 11 is 1.29. The van der Waals surface area contributed by atoms with Crippen molar-refractivity contribution in [3.8, 4) is 0 Å². The van der Waals surface area contributed by atoms with E-state index in [0.29, 0.717) is 11.4 Å². The van der Waals surface area contributed by atoms with E-state index in [1.165, 1.54) is 30.0 Å². The molecule has 0 aliphatic heterocycles. The Balaban J connectivity index is 2.23. The molecule has 19 heavy (non-hydrogen) atoms. The zero-order chi connectivity index (χ0) is 14.3. The molecule has 0 saturated heterocycles. The van der Waals surface area contributed by atoms with Crippen molar-refractivity contribution in [2.75, 3.05) is 16.8 Å². The first-order valence-electron chi connectivity index (χ1n) is 5.60. The molecule has 1 aromatic rings. The molecular weight excluding hydrogens is 271 g/mol. The number of nitrogens with one attached hydrogen (secondary N) is 1. The first-order valence-corrected chi connectivity index (χ1v) is 6.76. The molecule has 1 unspecified atom stereocenters. The van der Waals surface area contributed by atoms with Crippen LogP contribution in [0.1, 0.15) is 6.42 Å². The van der Waals surface area contributed by atoms with Gasteiger partial charge in [-0.05, 0) is 18.2 Å². The Labute approximate surface area is 114 Å². The highest BCUT2D eigenvalue weighted by Gasteiger charge is 2.11. The third kappa shape index (κ3) is 6.21. The zero-order valence-electron chi connectivity index (χ0n) is 10.1. The third-order valence-corrected chi connectivity index (χ3v) is 3.28. The maximum atomic E-state index is 12.9. The van der Waals surface area contributed by atoms with Gasteiger partial charge in [-0.3, -0.25) is 9.59 Å². The average Bonchev–Trinajstić information content (AvgIpc) is 2.34. The van der Waals surface area contributed by atoms with Crippen LogP contribution in [-0.4, -0.2) is 34.5 Å². The second-order valence-corrected chi connectivity index (χ2v) is 4.98. The summed E-state index contributed by atoms with van der Waals surface area (Å²) in [6.07, 6.45) is 0.216. The fourth-order valence-corrected chi connectivity index (χ4v) is 2.13. The van der Waals surface area contributed by atoms with Crippen molar-refractivity contribution in [1.29, 1.82) is 0 Å². The highest BCUT2D eigenvalue weighted by Crippen LogP contribution is 2.10. The van der Waals surface area contributed by atoms with Crippen molar-refractivity contribution >= 4 is 29.3 Å². The molecule has 0 fully saturated rings. The fourth-order valence-electron chi connectivity index (χ4n) is 1.24. The van der Waals surface area contributed by atoms with Gasteiger partial charge in [0.25, 0.3) is 0 Å². The molecule has 104 valence electrons. The van der Waals surface area contributed by atoms with Crippen LogP contribution in [0.15, 0.2) is 24.3 Å². The molecule has 5 nitrogen and oxygen atoms in total. The summed E-state index contributed by atoms with van der Waals surface area (Å²) in [5.41, 5.74) is 5.71. The van der Waals surface area contributed by atoms with Gasteiger partial charge in [0.15, 0.2) is 0 Å². The predicted octanol–water partition coefficient (Wildman–Crippen LogP) is 1.30. The number of benzene rings is 1. The third-order valence-electron chi connectivity index (χ3n) is 2.20. The second-order valence-electron chi connectivity index (χ2n) is 3.83. The van der Waals surface area contributed by atoms with Crippen LogP contribution in [0, 0.1) is 5.82 Å². The maximum absolute atomic E-state index is 12.9. The first-order chi connectivity index (χ1) is 8.99. The van der Waals surface area contributed by atoms with E-state index < -0.39 is 17.8 Å². The molecule has 0 aromatic heterocycles. The molecule has 4 N–H and O–H groups in total. The minimum absolute atomic E-state index is 0.216. The lowest BCUT2D eigenvalue weighted by molar-refractivity contribution is -0.137. The topological polar surface area (TPSA) is 92.4 Å². The largest absolute Gasteiger partial charge is 0.480 e. The van der Waals surface area contributed by atoms with Crippen LogP contribution in [-0.2, 0) is 9.59 Å². The Morgan fingerprint density at radius 3 is 2.84 bits per heavy atom. The smallest absolute Gasteiger partial charge is 0.321 e. The van der Waals surface area contributed by atoms with Gasteiger partial charge in [0, 0.05) is 23.6 Å². The van der Waals surface area contributed by atoms with Crippen LogP contribution in [0.25, 0.3) is 0 Å². The van der Waals surface area contributed by atoms with Crippen molar-refractivity contribution in [1.82, 2.24) is 0 Å². The molecule has 1 atom stereocenters. The minimum Gasteiger partial charge on any atom is -0.480 e. The summed E-state index contributed by atoms with van der Waals surface area (Å²) in [4.78, 5) is 22.0. The van der Waals surface area contributed by atoms with Gasteiger partial charge >= 0.3 is 5.97 Å². The van der Waals surface area contributed by atoms with Gasteiger partial charge in [-0.2, -0.15) is 11.8 Å². The Hall–Kier alpha value is -1.60. The van der Waals surface area contributed by atoms with Gasteiger partial charge in [0.05, 0.1) is 0 Å². The number of amides is 1. The molecule has 1 aromatic carbocycles. The van der Waals surface area contributed by atoms with Gasteiger partial charge in [-0.1, -0.05) is 6.07 Å². The lowest BCUT2D eigenvalue weighted by atomic mass is 10.3. The Morgan fingerprint density at radius 1 is 1.47 bits per heavy atom. The van der Waals surface area contributed by atoms with Crippen molar-refractivity contribution in [3.63, 3.8) is 0 Å². The fraction of sp³-hybridized carbons (Fsp3) is 0.333. The van der Waals surface area contributed by atoms with Crippen molar-refractivity contribution in [2.45, 2.75) is 12.5 Å². The van der Waals surface area contributed by atoms with Gasteiger partial charge < -0.3 is 16.2 Å². The van der Waals surface area contributed by atoms with Gasteiger partial charge in [-0.15, -0.1) is 0 Å². The molecule has 0 bridgehead atoms. The molecule has 0 aliphatic carbocycles. The summed E-state index contributed by atoms with van der Waals surface area (Å²) in [6, 6.07) is 4.70. The number of anilines is 1. The number of carbonyl (C=O) groups excluding carboxylic acids is 1. The molecule has 1 rings (SSSR count). The van der Waals surface area contributed by atoms with Gasteiger partial charge in [0.2, 0.25) is 5.91 Å². The number of thioether (sulfide) groups is 1. The van der Waals surface area contributed by atoms with E-state index in [1.54, 1.807) is 6.07 Å². The van der Waals surface area contributed by atoms with E-state index in [4.69, 9.17) is 10.8 Å². The summed E-state index contributed by atoms with van der Waals surface area (Å²) < 4.78 is 12.9. The van der Waals surface area contributed by atoms with E-state index >= 15 is 0 Å². The maximum Gasteiger partial charge on any atom is 0.321 e. The van der Waals surface area contributed by atoms with Crippen LogP contribution in [0.4, 0.5) is 10.1 Å². The minimum atomic E-state index is -1.06. The second kappa shape index (κ2) is 7.75. The summed E-state index contributed by atoms with van der Waals surface area (Å²) in [6.45, 7) is 0. The number of hydrogen-bond acceptors (Lipinski definition) is 4. The molecule has 7 heteroatoms. The number of carbonyl (C=O) groups is 2. The average molecular weight is 286 g/mol. The number of carboxylic acid groups (broad SMARTS) is 1. The summed E-state index contributed by atoms with van der Waals surface area (Å²) in [7, 11) is 0. The van der Waals surface area contributed by atoms with Crippen molar-refractivity contribution in [2.24, 2.45) is 5.73 Å². The predicted molar refractivity (Wildman–Crippen MR) is 72.6 cm³/mol. The van der Waals surface area contributed by atoms with E-state index in [-0.39, 0.29) is 18.1 Å². The monoisotopic (exact) mass is 286 g/mol. The number of aliphatic carboxylic acids is 1. The number of nitrogens with two attached hydrogens (primary N) is 1. The molecule has 0 aliphatic rings. The van der Waals surface area contributed by atoms with Crippen molar-refractivity contribution < 1.29 is 19.1 Å². The Kier molecular flexibility index (Phi) is 6.31. The Bertz CT molecular complexity index is 456. The zero-order valence-corrected chi connectivity index (χ0v) is 11.0. The quantitative estimate of drug-likeness (QED) is 0.657. The van der Waals surface area contributed by atoms with Crippen molar-refractivity contribution in [3.05, 3.63) is 30.1 Å². The lowest BCUT2D eigenvalue weighted by Gasteiger charge is -2.07. The van der Waals surface area contributed by atoms with E-state index in [2.05, 4.69) is 5.32 Å². The van der Waals surface area contributed by atoms with Gasteiger partial charge in [-0.25, -0.2) is 4.39 Å². The molecule has 0 radical (unpaired) electrons. The molecular formula is C12H15FN2O3S. The van der Waals surface area contributed by atoms with Crippen LogP contribution in [0.5, 0.6) is 0 Å².